The maximum Gasteiger partial charge on any atom is 0.273 e. The van der Waals surface area contributed by atoms with Crippen molar-refractivity contribution in [3.05, 3.63) is 36.2 Å². The zero-order valence-corrected chi connectivity index (χ0v) is 14.1. The molecule has 0 bridgehead atoms. The Morgan fingerprint density at radius 3 is 2.70 bits per heavy atom. The molecule has 2 aromatic rings. The summed E-state index contributed by atoms with van der Waals surface area (Å²) in [6.45, 7) is 5.63. The lowest BCUT2D eigenvalue weighted by atomic mass is 9.93. The van der Waals surface area contributed by atoms with E-state index < -0.39 is 0 Å². The molecule has 1 aromatic heterocycles. The number of amides is 1. The summed E-state index contributed by atoms with van der Waals surface area (Å²) in [5.41, 5.74) is 7.36. The Bertz CT molecular complexity index is 677. The molecule has 0 unspecified atom stereocenters. The van der Waals surface area contributed by atoms with Crippen molar-refractivity contribution in [1.29, 1.82) is 0 Å². The number of aromatic nitrogens is 1. The van der Waals surface area contributed by atoms with Gasteiger partial charge in [-0.2, -0.15) is 0 Å². The maximum absolute atomic E-state index is 12.2. The predicted octanol–water partition coefficient (Wildman–Crippen LogP) is 2.24. The number of nitrogens with zero attached hydrogens (tertiary/aromatic N) is 2. The molecule has 0 aliphatic carbocycles. The first-order chi connectivity index (χ1) is 10.8. The zero-order chi connectivity index (χ0) is 17.0. The van der Waals surface area contributed by atoms with Gasteiger partial charge in [0.05, 0.1) is 5.56 Å². The number of nitrogens with one attached hydrogen (secondary N) is 1. The molecule has 0 aliphatic heterocycles. The van der Waals surface area contributed by atoms with Crippen LogP contribution in [-0.4, -0.2) is 43.0 Å². The summed E-state index contributed by atoms with van der Waals surface area (Å²) in [6, 6.07) is 7.26. The van der Waals surface area contributed by atoms with Crippen molar-refractivity contribution in [2.24, 2.45) is 5.41 Å². The van der Waals surface area contributed by atoms with Crippen molar-refractivity contribution in [1.82, 2.24) is 15.2 Å². The molecule has 0 spiro atoms. The molecule has 1 heterocycles. The highest BCUT2D eigenvalue weighted by Gasteiger charge is 2.21. The van der Waals surface area contributed by atoms with Crippen LogP contribution in [0.25, 0.3) is 11.5 Å². The van der Waals surface area contributed by atoms with Crippen molar-refractivity contribution in [3.8, 4) is 11.5 Å². The van der Waals surface area contributed by atoms with Gasteiger partial charge in [-0.3, -0.25) is 4.79 Å². The minimum Gasteiger partial charge on any atom is -0.444 e. The third kappa shape index (κ3) is 4.56. The number of nitrogen functional groups attached to an aromatic ring is 1. The molecule has 124 valence electrons. The molecular formula is C17H24N4O2. The number of oxazole rings is 1. The van der Waals surface area contributed by atoms with E-state index in [9.17, 15) is 4.79 Å². The average Bonchev–Trinajstić information content (AvgIpc) is 2.93. The van der Waals surface area contributed by atoms with Crippen LogP contribution in [0.4, 0.5) is 5.69 Å². The minimum atomic E-state index is -0.249. The number of benzene rings is 1. The zero-order valence-electron chi connectivity index (χ0n) is 14.1. The number of para-hydroxylation sites is 1. The monoisotopic (exact) mass is 316 g/mol. The minimum absolute atomic E-state index is 0.0322. The van der Waals surface area contributed by atoms with Gasteiger partial charge in [0.1, 0.15) is 6.26 Å². The second-order valence-electron chi connectivity index (χ2n) is 6.71. The summed E-state index contributed by atoms with van der Waals surface area (Å²) in [7, 11) is 4.02. The van der Waals surface area contributed by atoms with Crippen LogP contribution < -0.4 is 11.1 Å². The Labute approximate surface area is 136 Å². The first-order valence-corrected chi connectivity index (χ1v) is 7.52. The van der Waals surface area contributed by atoms with E-state index in [-0.39, 0.29) is 17.0 Å². The lowest BCUT2D eigenvalue weighted by Crippen LogP contribution is -2.40. The second-order valence-corrected chi connectivity index (χ2v) is 6.71. The Balaban J connectivity index is 2.03. The summed E-state index contributed by atoms with van der Waals surface area (Å²) in [4.78, 5) is 18.6. The number of rotatable bonds is 6. The van der Waals surface area contributed by atoms with Gasteiger partial charge in [0, 0.05) is 18.8 Å². The lowest BCUT2D eigenvalue weighted by Gasteiger charge is -2.28. The van der Waals surface area contributed by atoms with Gasteiger partial charge in [0.25, 0.3) is 5.91 Å². The van der Waals surface area contributed by atoms with Crippen LogP contribution in [0.2, 0.25) is 0 Å². The van der Waals surface area contributed by atoms with Crippen LogP contribution in [0.1, 0.15) is 24.3 Å². The molecule has 0 fully saturated rings. The number of carbonyl (C=O) groups excluding carboxylic acids is 1. The molecule has 0 saturated heterocycles. The molecule has 23 heavy (non-hydrogen) atoms. The van der Waals surface area contributed by atoms with Crippen molar-refractivity contribution >= 4 is 11.6 Å². The molecule has 1 amide bonds. The van der Waals surface area contributed by atoms with Gasteiger partial charge < -0.3 is 20.4 Å². The quantitative estimate of drug-likeness (QED) is 0.798. The van der Waals surface area contributed by atoms with Gasteiger partial charge in [-0.05, 0) is 31.6 Å². The normalized spacial score (nSPS) is 11.7. The summed E-state index contributed by atoms with van der Waals surface area (Å²) in [5.74, 6) is 0.0992. The van der Waals surface area contributed by atoms with E-state index in [1.807, 2.05) is 32.3 Å². The van der Waals surface area contributed by atoms with E-state index in [0.29, 0.717) is 23.7 Å². The van der Waals surface area contributed by atoms with E-state index in [1.165, 1.54) is 6.26 Å². The highest BCUT2D eigenvalue weighted by molar-refractivity contribution is 5.92. The smallest absolute Gasteiger partial charge is 0.273 e. The molecule has 0 radical (unpaired) electrons. The predicted molar refractivity (Wildman–Crippen MR) is 91.0 cm³/mol. The van der Waals surface area contributed by atoms with Gasteiger partial charge in [0.2, 0.25) is 5.89 Å². The van der Waals surface area contributed by atoms with E-state index in [0.717, 1.165) is 6.54 Å². The average molecular weight is 316 g/mol. The van der Waals surface area contributed by atoms with Crippen LogP contribution in [0.15, 0.2) is 34.9 Å². The second kappa shape index (κ2) is 6.83. The largest absolute Gasteiger partial charge is 0.444 e. The molecule has 0 atom stereocenters. The fraction of sp³-hybridized carbons (Fsp3) is 0.412. The topological polar surface area (TPSA) is 84.4 Å². The van der Waals surface area contributed by atoms with E-state index in [1.54, 1.807) is 6.07 Å². The lowest BCUT2D eigenvalue weighted by molar-refractivity contribution is 0.0924. The first-order valence-electron chi connectivity index (χ1n) is 7.52. The Kier molecular flexibility index (Phi) is 5.05. The summed E-state index contributed by atoms with van der Waals surface area (Å²) < 4.78 is 5.39. The van der Waals surface area contributed by atoms with Crippen LogP contribution in [0.3, 0.4) is 0 Å². The SMILES string of the molecule is CN(C)CC(C)(C)CNC(=O)c1coc(-c2ccccc2N)n1. The fourth-order valence-electron chi connectivity index (χ4n) is 2.52. The van der Waals surface area contributed by atoms with Crippen LogP contribution >= 0.6 is 0 Å². The molecule has 1 aromatic carbocycles. The Hall–Kier alpha value is -2.34. The number of hydrogen-bond acceptors (Lipinski definition) is 5. The third-order valence-corrected chi connectivity index (χ3v) is 3.40. The van der Waals surface area contributed by atoms with Gasteiger partial charge in [0.15, 0.2) is 5.69 Å². The molecule has 2 rings (SSSR count). The molecule has 3 N–H and O–H groups in total. The van der Waals surface area contributed by atoms with Crippen molar-refractivity contribution in [2.45, 2.75) is 13.8 Å². The first kappa shape index (κ1) is 17.0. The van der Waals surface area contributed by atoms with E-state index in [2.05, 4.69) is 29.0 Å². The van der Waals surface area contributed by atoms with Crippen LogP contribution in [-0.2, 0) is 0 Å². The number of carbonyl (C=O) groups is 1. The number of anilines is 1. The Morgan fingerprint density at radius 2 is 2.04 bits per heavy atom. The molecule has 6 nitrogen and oxygen atoms in total. The molecule has 0 saturated carbocycles. The van der Waals surface area contributed by atoms with Crippen molar-refractivity contribution in [3.63, 3.8) is 0 Å². The Morgan fingerprint density at radius 1 is 1.35 bits per heavy atom. The number of nitrogens with two attached hydrogens (primary N) is 1. The van der Waals surface area contributed by atoms with Gasteiger partial charge in [-0.25, -0.2) is 4.98 Å². The highest BCUT2D eigenvalue weighted by atomic mass is 16.3. The summed E-state index contributed by atoms with van der Waals surface area (Å²) in [5, 5.41) is 2.90. The summed E-state index contributed by atoms with van der Waals surface area (Å²) in [6.07, 6.45) is 1.36. The third-order valence-electron chi connectivity index (χ3n) is 3.40. The highest BCUT2D eigenvalue weighted by Crippen LogP contribution is 2.24. The van der Waals surface area contributed by atoms with E-state index in [4.69, 9.17) is 10.2 Å². The van der Waals surface area contributed by atoms with Crippen LogP contribution in [0.5, 0.6) is 0 Å². The number of hydrogen-bond donors (Lipinski definition) is 2. The van der Waals surface area contributed by atoms with Crippen molar-refractivity contribution in [2.75, 3.05) is 32.9 Å². The standard InChI is InChI=1S/C17H24N4O2/c1-17(2,11-21(3)4)10-19-15(22)14-9-23-16(20-14)12-7-5-6-8-13(12)18/h5-9H,10-11,18H2,1-4H3,(H,19,22). The van der Waals surface area contributed by atoms with Gasteiger partial charge >= 0.3 is 0 Å². The van der Waals surface area contributed by atoms with Crippen LogP contribution in [0, 0.1) is 5.41 Å². The molecule has 0 aliphatic rings. The maximum atomic E-state index is 12.2. The fourth-order valence-corrected chi connectivity index (χ4v) is 2.52. The summed E-state index contributed by atoms with van der Waals surface area (Å²) >= 11 is 0. The van der Waals surface area contributed by atoms with Gasteiger partial charge in [-0.15, -0.1) is 0 Å². The van der Waals surface area contributed by atoms with E-state index >= 15 is 0 Å². The van der Waals surface area contributed by atoms with Crippen molar-refractivity contribution < 1.29 is 9.21 Å². The molecular weight excluding hydrogens is 292 g/mol. The van der Waals surface area contributed by atoms with Gasteiger partial charge in [-0.1, -0.05) is 26.0 Å². The molecule has 6 heteroatoms.